The second-order valence-electron chi connectivity index (χ2n) is 5.65. The van der Waals surface area contributed by atoms with E-state index in [1.807, 2.05) is 6.07 Å². The second kappa shape index (κ2) is 8.29. The van der Waals surface area contributed by atoms with Crippen LogP contribution in [0.3, 0.4) is 0 Å². The third kappa shape index (κ3) is 4.50. The van der Waals surface area contributed by atoms with Crippen molar-refractivity contribution >= 4 is 34.9 Å². The number of halogens is 2. The fourth-order valence-electron chi connectivity index (χ4n) is 2.34. The van der Waals surface area contributed by atoms with Gasteiger partial charge in [-0.3, -0.25) is 9.59 Å². The van der Waals surface area contributed by atoms with Gasteiger partial charge in [-0.15, -0.1) is 0 Å². The number of aromatic nitrogens is 1. The van der Waals surface area contributed by atoms with Crippen molar-refractivity contribution in [3.63, 3.8) is 0 Å². The molecule has 8 heteroatoms. The van der Waals surface area contributed by atoms with Crippen LogP contribution in [0.2, 0.25) is 5.02 Å². The third-order valence-electron chi connectivity index (χ3n) is 3.72. The topological polar surface area (TPSA) is 94.9 Å². The summed E-state index contributed by atoms with van der Waals surface area (Å²) in [5.74, 6) is -1.56. The van der Waals surface area contributed by atoms with Crippen molar-refractivity contribution in [3.05, 3.63) is 88.3 Å². The minimum Gasteiger partial charge on any atom is -0.321 e. The van der Waals surface area contributed by atoms with Crippen molar-refractivity contribution in [1.82, 2.24) is 4.98 Å². The molecule has 0 bridgehead atoms. The normalized spacial score (nSPS) is 10.0. The largest absolute Gasteiger partial charge is 0.321 e. The Kier molecular flexibility index (Phi) is 5.63. The monoisotopic (exact) mass is 394 g/mol. The van der Waals surface area contributed by atoms with Crippen molar-refractivity contribution in [2.75, 3.05) is 10.6 Å². The lowest BCUT2D eigenvalue weighted by Crippen LogP contribution is -2.19. The minimum atomic E-state index is -0.649. The highest BCUT2D eigenvalue weighted by Crippen LogP contribution is 2.20. The highest BCUT2D eigenvalue weighted by molar-refractivity contribution is 6.30. The average Bonchev–Trinajstić information content (AvgIpc) is 2.71. The standard InChI is InChI=1S/C20H12ClFN4O2/c21-14-5-8-18(24-11-14)26-20(28)16-9-15(22)6-7-17(16)25-19(27)13-3-1-12(10-23)2-4-13/h1-9,11H,(H,25,27)(H,24,26,28). The Morgan fingerprint density at radius 1 is 1.00 bits per heavy atom. The van der Waals surface area contributed by atoms with Gasteiger partial charge in [-0.2, -0.15) is 5.26 Å². The van der Waals surface area contributed by atoms with Crippen LogP contribution in [-0.4, -0.2) is 16.8 Å². The Bertz CT molecular complexity index is 1080. The first kappa shape index (κ1) is 19.0. The number of amides is 2. The van der Waals surface area contributed by atoms with Gasteiger partial charge < -0.3 is 10.6 Å². The molecule has 0 saturated heterocycles. The van der Waals surface area contributed by atoms with Gasteiger partial charge in [0.1, 0.15) is 11.6 Å². The molecule has 0 spiro atoms. The molecular weight excluding hydrogens is 383 g/mol. The quantitative estimate of drug-likeness (QED) is 0.691. The molecule has 0 aliphatic heterocycles. The number of carbonyl (C=O) groups is 2. The van der Waals surface area contributed by atoms with E-state index in [9.17, 15) is 14.0 Å². The number of carbonyl (C=O) groups excluding carboxylic acids is 2. The number of nitrogens with zero attached hydrogens (tertiary/aromatic N) is 2. The maximum atomic E-state index is 13.7. The third-order valence-corrected chi connectivity index (χ3v) is 3.94. The fraction of sp³-hybridized carbons (Fsp3) is 0. The Balaban J connectivity index is 1.83. The summed E-state index contributed by atoms with van der Waals surface area (Å²) in [6.45, 7) is 0. The Morgan fingerprint density at radius 3 is 2.39 bits per heavy atom. The van der Waals surface area contributed by atoms with E-state index < -0.39 is 17.6 Å². The maximum absolute atomic E-state index is 13.7. The van der Waals surface area contributed by atoms with Crippen molar-refractivity contribution in [2.45, 2.75) is 0 Å². The lowest BCUT2D eigenvalue weighted by molar-refractivity contribution is 0.102. The molecule has 0 saturated carbocycles. The first-order chi connectivity index (χ1) is 13.5. The van der Waals surface area contributed by atoms with Gasteiger partial charge in [0.05, 0.1) is 27.9 Å². The van der Waals surface area contributed by atoms with Gasteiger partial charge >= 0.3 is 0 Å². The first-order valence-corrected chi connectivity index (χ1v) is 8.38. The molecule has 0 aliphatic rings. The predicted molar refractivity (Wildman–Crippen MR) is 103 cm³/mol. The number of rotatable bonds is 4. The van der Waals surface area contributed by atoms with E-state index in [-0.39, 0.29) is 22.6 Å². The number of anilines is 2. The molecule has 1 heterocycles. The summed E-state index contributed by atoms with van der Waals surface area (Å²) in [4.78, 5) is 28.9. The van der Waals surface area contributed by atoms with Crippen LogP contribution in [0.5, 0.6) is 0 Å². The maximum Gasteiger partial charge on any atom is 0.259 e. The van der Waals surface area contributed by atoms with E-state index in [1.54, 1.807) is 6.07 Å². The van der Waals surface area contributed by atoms with Crippen molar-refractivity contribution in [2.24, 2.45) is 0 Å². The summed E-state index contributed by atoms with van der Waals surface area (Å²) >= 11 is 5.76. The predicted octanol–water partition coefficient (Wildman–Crippen LogP) is 4.25. The molecular formula is C20H12ClFN4O2. The molecule has 6 nitrogen and oxygen atoms in total. The first-order valence-electron chi connectivity index (χ1n) is 8.00. The molecule has 1 aromatic heterocycles. The molecule has 2 amide bonds. The van der Waals surface area contributed by atoms with Crippen LogP contribution in [0, 0.1) is 17.1 Å². The lowest BCUT2D eigenvalue weighted by atomic mass is 10.1. The summed E-state index contributed by atoms with van der Waals surface area (Å²) in [5.41, 5.74) is 0.754. The van der Waals surface area contributed by atoms with E-state index >= 15 is 0 Å². The van der Waals surface area contributed by atoms with E-state index in [2.05, 4.69) is 15.6 Å². The van der Waals surface area contributed by atoms with Crippen molar-refractivity contribution in [1.29, 1.82) is 5.26 Å². The zero-order valence-corrected chi connectivity index (χ0v) is 15.0. The van der Waals surface area contributed by atoms with Gasteiger partial charge in [-0.1, -0.05) is 11.6 Å². The van der Waals surface area contributed by atoms with Crippen LogP contribution in [0.1, 0.15) is 26.3 Å². The van der Waals surface area contributed by atoms with Crippen LogP contribution in [0.4, 0.5) is 15.9 Å². The Hall–Kier alpha value is -3.76. The Morgan fingerprint density at radius 2 is 1.75 bits per heavy atom. The molecule has 0 radical (unpaired) electrons. The minimum absolute atomic E-state index is 0.0706. The second-order valence-corrected chi connectivity index (χ2v) is 6.09. The van der Waals surface area contributed by atoms with Gasteiger partial charge in [-0.25, -0.2) is 9.37 Å². The summed E-state index contributed by atoms with van der Waals surface area (Å²) in [6.07, 6.45) is 1.36. The number of hydrogen-bond donors (Lipinski definition) is 2. The number of hydrogen-bond acceptors (Lipinski definition) is 4. The zero-order chi connectivity index (χ0) is 20.1. The Labute approximate surface area is 164 Å². The molecule has 0 atom stereocenters. The highest BCUT2D eigenvalue weighted by Gasteiger charge is 2.16. The number of benzene rings is 2. The van der Waals surface area contributed by atoms with Gasteiger partial charge in [0.25, 0.3) is 11.8 Å². The SMILES string of the molecule is N#Cc1ccc(C(=O)Nc2ccc(F)cc2C(=O)Nc2ccc(Cl)cn2)cc1. The van der Waals surface area contributed by atoms with Crippen LogP contribution in [0.15, 0.2) is 60.8 Å². The summed E-state index contributed by atoms with van der Waals surface area (Å²) in [5, 5.41) is 14.3. The van der Waals surface area contributed by atoms with Crippen LogP contribution in [-0.2, 0) is 0 Å². The summed E-state index contributed by atoms with van der Waals surface area (Å²) in [7, 11) is 0. The summed E-state index contributed by atoms with van der Waals surface area (Å²) < 4.78 is 13.7. The molecule has 0 aliphatic carbocycles. The lowest BCUT2D eigenvalue weighted by Gasteiger charge is -2.12. The molecule has 0 fully saturated rings. The van der Waals surface area contributed by atoms with Gasteiger partial charge in [0.2, 0.25) is 0 Å². The molecule has 28 heavy (non-hydrogen) atoms. The number of pyridine rings is 1. The van der Waals surface area contributed by atoms with Crippen LogP contribution >= 0.6 is 11.6 Å². The van der Waals surface area contributed by atoms with Crippen LogP contribution < -0.4 is 10.6 Å². The zero-order valence-electron chi connectivity index (χ0n) is 14.2. The molecule has 2 N–H and O–H groups in total. The highest BCUT2D eigenvalue weighted by atomic mass is 35.5. The van der Waals surface area contributed by atoms with Gasteiger partial charge in [0, 0.05) is 11.8 Å². The van der Waals surface area contributed by atoms with Crippen molar-refractivity contribution < 1.29 is 14.0 Å². The van der Waals surface area contributed by atoms with Crippen LogP contribution in [0.25, 0.3) is 0 Å². The van der Waals surface area contributed by atoms with Gasteiger partial charge in [-0.05, 0) is 54.6 Å². The molecule has 3 rings (SSSR count). The molecule has 0 unspecified atom stereocenters. The van der Waals surface area contributed by atoms with Gasteiger partial charge in [0.15, 0.2) is 0 Å². The molecule has 2 aromatic carbocycles. The van der Waals surface area contributed by atoms with Crippen molar-refractivity contribution in [3.8, 4) is 6.07 Å². The fourth-order valence-corrected chi connectivity index (χ4v) is 2.45. The molecule has 138 valence electrons. The van der Waals surface area contributed by atoms with E-state index in [1.165, 1.54) is 42.6 Å². The molecule has 3 aromatic rings. The smallest absolute Gasteiger partial charge is 0.259 e. The van der Waals surface area contributed by atoms with E-state index in [0.717, 1.165) is 12.1 Å². The average molecular weight is 395 g/mol. The van der Waals surface area contributed by atoms with E-state index in [4.69, 9.17) is 16.9 Å². The number of nitrogens with one attached hydrogen (secondary N) is 2. The van der Waals surface area contributed by atoms with E-state index in [0.29, 0.717) is 10.6 Å². The summed E-state index contributed by atoms with van der Waals surface area (Å²) in [6, 6.07) is 14.4. The number of nitriles is 1.